The number of nitrogens with zero attached hydrogens (tertiary/aromatic N) is 7. The summed E-state index contributed by atoms with van der Waals surface area (Å²) in [6.45, 7) is 8.50. The zero-order valence-electron chi connectivity index (χ0n) is 39.2. The van der Waals surface area contributed by atoms with E-state index in [4.69, 9.17) is 9.72 Å². The number of anilines is 2. The van der Waals surface area contributed by atoms with E-state index in [2.05, 4.69) is 77.6 Å². The van der Waals surface area contributed by atoms with Crippen molar-refractivity contribution in [2.45, 2.75) is 115 Å². The molecule has 68 heavy (non-hydrogen) atoms. The highest BCUT2D eigenvalue weighted by atomic mass is 19.1. The van der Waals surface area contributed by atoms with E-state index in [9.17, 15) is 9.18 Å². The van der Waals surface area contributed by atoms with Gasteiger partial charge in [0.15, 0.2) is 0 Å². The van der Waals surface area contributed by atoms with Gasteiger partial charge in [0.05, 0.1) is 30.8 Å². The number of fused-ring (bicyclic) bond motifs is 6. The third-order valence-electron chi connectivity index (χ3n) is 15.6. The van der Waals surface area contributed by atoms with E-state index >= 15 is 0 Å². The maximum absolute atomic E-state index is 13.7. The van der Waals surface area contributed by atoms with Gasteiger partial charge in [-0.05, 0) is 153 Å². The number of carbonyl (C=O) groups excluding carboxylic acids is 1. The molecule has 6 aliphatic rings. The van der Waals surface area contributed by atoms with Gasteiger partial charge in [-0.25, -0.2) is 24.3 Å². The highest BCUT2D eigenvalue weighted by molar-refractivity contribution is 5.88. The predicted molar refractivity (Wildman–Crippen MR) is 266 cm³/mol. The van der Waals surface area contributed by atoms with Crippen molar-refractivity contribution in [2.24, 2.45) is 0 Å². The lowest BCUT2D eigenvalue weighted by molar-refractivity contribution is 0.00791. The molecule has 5 heterocycles. The smallest absolute Gasteiger partial charge is 0.150 e. The number of hydrogen-bond donors (Lipinski definition) is 2. The molecule has 6 aromatic rings. The minimum atomic E-state index is -0.320. The maximum Gasteiger partial charge on any atom is 0.150 e. The number of aromatic nitrogens is 5. The van der Waals surface area contributed by atoms with Crippen LogP contribution in [0.5, 0.6) is 0 Å². The number of carbonyl (C=O) groups is 1. The fraction of sp³-hybridized carbons (Fsp3) is 0.429. The number of aldehydes is 1. The van der Waals surface area contributed by atoms with E-state index in [1.807, 2.05) is 24.3 Å². The molecule has 350 valence electrons. The van der Waals surface area contributed by atoms with Crippen molar-refractivity contribution in [3.63, 3.8) is 0 Å². The number of halogens is 1. The van der Waals surface area contributed by atoms with Crippen molar-refractivity contribution in [2.75, 3.05) is 50.0 Å². The van der Waals surface area contributed by atoms with E-state index < -0.39 is 0 Å². The van der Waals surface area contributed by atoms with Crippen molar-refractivity contribution < 1.29 is 13.9 Å². The SMILES string of the molecule is Cc1cc(C=O)ccc1-c1ccc2c(c1)-c1c(ncnc1NC1CCC(N3CCOCC3)CC1)C2.Fc1cncc(-c2ccc3c(c2)-c2c(ncnc2NC2CCC(N4CCCCC4)CC2)C3)c1. The first-order valence-electron chi connectivity index (χ1n) is 25.1. The topological polar surface area (TPSA) is 121 Å². The van der Waals surface area contributed by atoms with Gasteiger partial charge in [0.25, 0.3) is 0 Å². The van der Waals surface area contributed by atoms with E-state index in [0.29, 0.717) is 23.7 Å². The number of ether oxygens (including phenoxy) is 1. The number of benzene rings is 3. The third-order valence-corrected chi connectivity index (χ3v) is 15.6. The molecular weight excluding hydrogens is 850 g/mol. The molecule has 0 spiro atoms. The number of pyridine rings is 1. The maximum atomic E-state index is 13.7. The normalized spacial score (nSPS) is 22.2. The highest BCUT2D eigenvalue weighted by Crippen LogP contribution is 2.44. The minimum absolute atomic E-state index is 0.320. The second-order valence-electron chi connectivity index (χ2n) is 19.8. The van der Waals surface area contributed by atoms with Gasteiger partial charge in [0.1, 0.15) is 36.4 Å². The summed E-state index contributed by atoms with van der Waals surface area (Å²) in [4.78, 5) is 39.1. The van der Waals surface area contributed by atoms with Gasteiger partial charge in [-0.3, -0.25) is 14.7 Å². The Balaban J connectivity index is 0.000000149. The minimum Gasteiger partial charge on any atom is -0.379 e. The van der Waals surface area contributed by atoms with Gasteiger partial charge >= 0.3 is 0 Å². The van der Waals surface area contributed by atoms with Crippen molar-refractivity contribution in [1.29, 1.82) is 0 Å². The Kier molecular flexibility index (Phi) is 13.1. The zero-order valence-corrected chi connectivity index (χ0v) is 39.2. The molecule has 12 rings (SSSR count). The van der Waals surface area contributed by atoms with E-state index in [-0.39, 0.29) is 5.82 Å². The number of piperidine rings is 1. The van der Waals surface area contributed by atoms with Crippen LogP contribution in [0.4, 0.5) is 16.0 Å². The second-order valence-corrected chi connectivity index (χ2v) is 19.8. The van der Waals surface area contributed by atoms with E-state index in [1.165, 1.54) is 99.8 Å². The lowest BCUT2D eigenvalue weighted by atomic mass is 9.89. The first kappa shape index (κ1) is 44.5. The van der Waals surface area contributed by atoms with Crippen molar-refractivity contribution >= 4 is 17.9 Å². The van der Waals surface area contributed by atoms with Crippen LogP contribution in [0, 0.1) is 12.7 Å². The molecule has 0 atom stereocenters. The number of hydrogen-bond acceptors (Lipinski definition) is 11. The summed E-state index contributed by atoms with van der Waals surface area (Å²) in [7, 11) is 0. The van der Waals surface area contributed by atoms with Gasteiger partial charge < -0.3 is 20.3 Å². The fourth-order valence-electron chi connectivity index (χ4n) is 12.0. The first-order chi connectivity index (χ1) is 33.4. The molecule has 2 saturated carbocycles. The molecule has 11 nitrogen and oxygen atoms in total. The van der Waals surface area contributed by atoms with Crippen LogP contribution in [0.25, 0.3) is 44.5 Å². The van der Waals surface area contributed by atoms with Gasteiger partial charge in [0, 0.05) is 78.5 Å². The van der Waals surface area contributed by atoms with Crippen molar-refractivity contribution in [1.82, 2.24) is 34.7 Å². The Hall–Kier alpha value is -5.95. The molecule has 3 aromatic heterocycles. The summed E-state index contributed by atoms with van der Waals surface area (Å²) < 4.78 is 19.3. The summed E-state index contributed by atoms with van der Waals surface area (Å²) in [6, 6.07) is 22.7. The van der Waals surface area contributed by atoms with Crippen LogP contribution in [0.3, 0.4) is 0 Å². The van der Waals surface area contributed by atoms with E-state index in [1.54, 1.807) is 18.9 Å². The number of nitrogens with one attached hydrogen (secondary N) is 2. The van der Waals surface area contributed by atoms with Crippen LogP contribution >= 0.6 is 0 Å². The van der Waals surface area contributed by atoms with Gasteiger partial charge in [-0.2, -0.15) is 0 Å². The summed E-state index contributed by atoms with van der Waals surface area (Å²) in [5, 5.41) is 7.57. The van der Waals surface area contributed by atoms with Crippen LogP contribution < -0.4 is 10.6 Å². The summed E-state index contributed by atoms with van der Waals surface area (Å²) >= 11 is 0. The fourth-order valence-corrected chi connectivity index (χ4v) is 12.0. The standard InChI is InChI=1S/C29H32N4O2.C27H30FN5/c1-19-14-20(17-34)2-9-25(19)21-3-4-22-16-27-28(26(22)15-21)29(31-18-30-27)32-23-5-7-24(8-6-23)33-10-12-35-13-11-33;28-21-12-20(15-29-16-21)18-4-5-19-14-25-26(24(19)13-18)27(31-17-30-25)32-22-6-8-23(9-7-22)33-10-2-1-3-11-33/h2-4,9,14-15,17-18,23-24H,5-8,10-13,16H2,1H3,(H,30,31,32);4-5,12-13,15-17,22-23H,1-3,6-11,14H2,(H,30,31,32). The van der Waals surface area contributed by atoms with Gasteiger partial charge in [-0.1, -0.05) is 42.8 Å². The van der Waals surface area contributed by atoms with Crippen LogP contribution in [-0.2, 0) is 17.6 Å². The highest BCUT2D eigenvalue weighted by Gasteiger charge is 2.32. The Morgan fingerprint density at radius 3 is 1.75 bits per heavy atom. The number of rotatable bonds is 9. The average Bonchev–Trinajstić information content (AvgIpc) is 3.96. The molecule has 4 fully saturated rings. The van der Waals surface area contributed by atoms with Gasteiger partial charge in [-0.15, -0.1) is 0 Å². The lowest BCUT2D eigenvalue weighted by Crippen LogP contribution is -2.46. The quantitative estimate of drug-likeness (QED) is 0.135. The molecule has 0 amide bonds. The Morgan fingerprint density at radius 1 is 0.603 bits per heavy atom. The summed E-state index contributed by atoms with van der Waals surface area (Å²) in [5.74, 6) is 1.59. The predicted octanol–water partition coefficient (Wildman–Crippen LogP) is 10.3. The largest absolute Gasteiger partial charge is 0.379 e. The van der Waals surface area contributed by atoms with Crippen LogP contribution in [0.2, 0.25) is 0 Å². The first-order valence-corrected chi connectivity index (χ1v) is 25.1. The molecule has 0 radical (unpaired) electrons. The zero-order chi connectivity index (χ0) is 46.0. The van der Waals surface area contributed by atoms with Gasteiger partial charge in [0.2, 0.25) is 0 Å². The second kappa shape index (κ2) is 19.9. The lowest BCUT2D eigenvalue weighted by Gasteiger charge is -2.39. The van der Waals surface area contributed by atoms with Crippen molar-refractivity contribution in [3.05, 3.63) is 125 Å². The molecule has 3 aromatic carbocycles. The average molecular weight is 912 g/mol. The molecule has 2 N–H and O–H groups in total. The van der Waals surface area contributed by atoms with Crippen LogP contribution in [0.15, 0.2) is 85.7 Å². The monoisotopic (exact) mass is 912 g/mol. The molecule has 2 aliphatic heterocycles. The van der Waals surface area contributed by atoms with Crippen molar-refractivity contribution in [3.8, 4) is 44.5 Å². The molecule has 0 bridgehead atoms. The third kappa shape index (κ3) is 9.43. The number of morpholine rings is 1. The summed E-state index contributed by atoms with van der Waals surface area (Å²) in [5.41, 5.74) is 15.2. The summed E-state index contributed by atoms with van der Waals surface area (Å²) in [6.07, 6.45) is 22.7. The Labute approximate surface area is 399 Å². The molecular formula is C56H62FN9O2. The van der Waals surface area contributed by atoms with E-state index in [0.717, 1.165) is 132 Å². The molecule has 2 saturated heterocycles. The number of likely N-dealkylation sites (tertiary alicyclic amines) is 1. The molecule has 12 heteroatoms. The number of aryl methyl sites for hydroxylation is 1. The Morgan fingerprint density at radius 2 is 1.18 bits per heavy atom. The Bertz CT molecular complexity index is 2770. The molecule has 0 unspecified atom stereocenters. The van der Waals surface area contributed by atoms with Crippen LogP contribution in [0.1, 0.15) is 109 Å². The van der Waals surface area contributed by atoms with Crippen LogP contribution in [-0.4, -0.2) is 105 Å². The molecule has 4 aliphatic carbocycles.